The van der Waals surface area contributed by atoms with Gasteiger partial charge in [0, 0.05) is 0 Å². The number of para-hydroxylation sites is 1. The highest BCUT2D eigenvalue weighted by molar-refractivity contribution is 9.10. The van der Waals surface area contributed by atoms with Crippen LogP contribution in [0.15, 0.2) is 45.8 Å². The number of methoxy groups -OCH3 is 2. The van der Waals surface area contributed by atoms with E-state index in [2.05, 4.69) is 15.9 Å². The minimum Gasteiger partial charge on any atom is -0.493 e. The molecule has 0 bridgehead atoms. The van der Waals surface area contributed by atoms with Crippen LogP contribution < -0.4 is 14.4 Å². The normalized spacial score (nSPS) is 15.7. The number of hydrogen-bond donors (Lipinski definition) is 0. The molecule has 3 rings (SSSR count). The monoisotopic (exact) mass is 449 g/mol. The zero-order chi connectivity index (χ0) is 18.8. The Morgan fingerprint density at radius 2 is 1.92 bits per heavy atom. The maximum absolute atomic E-state index is 12.9. The van der Waals surface area contributed by atoms with Crippen LogP contribution in [-0.4, -0.2) is 24.4 Å². The number of thiocarbonyl (C=S) groups is 1. The lowest BCUT2D eigenvalue weighted by Gasteiger charge is -2.16. The van der Waals surface area contributed by atoms with Crippen molar-refractivity contribution in [2.45, 2.75) is 6.92 Å². The largest absolute Gasteiger partial charge is 0.493 e. The number of amides is 1. The molecule has 2 aromatic rings. The summed E-state index contributed by atoms with van der Waals surface area (Å²) in [6.07, 6.45) is 1.81. The van der Waals surface area contributed by atoms with Gasteiger partial charge in [0.15, 0.2) is 15.8 Å². The van der Waals surface area contributed by atoms with Crippen molar-refractivity contribution in [3.05, 3.63) is 56.9 Å². The zero-order valence-corrected chi connectivity index (χ0v) is 17.6. The highest BCUT2D eigenvalue weighted by Gasteiger charge is 2.34. The molecular weight excluding hydrogens is 434 g/mol. The van der Waals surface area contributed by atoms with Crippen molar-refractivity contribution in [1.29, 1.82) is 0 Å². The molecule has 1 aliphatic heterocycles. The van der Waals surface area contributed by atoms with Crippen LogP contribution in [0.2, 0.25) is 0 Å². The summed E-state index contributed by atoms with van der Waals surface area (Å²) >= 11 is 10.2. The summed E-state index contributed by atoms with van der Waals surface area (Å²) in [5.74, 6) is 1.07. The number of rotatable bonds is 4. The molecule has 0 spiro atoms. The standard InChI is InChI=1S/C19H16BrNO3S2/c1-11-6-4-5-7-14(11)21-18(22)16(26-19(21)25)10-12-8-13(20)17(24-3)15(9-12)23-2/h4-10H,1-3H3/b16-10+. The van der Waals surface area contributed by atoms with Crippen molar-refractivity contribution >= 4 is 61.9 Å². The summed E-state index contributed by atoms with van der Waals surface area (Å²) in [6.45, 7) is 1.96. The number of carbonyl (C=O) groups excluding carboxylic acids is 1. The molecule has 7 heteroatoms. The molecule has 4 nitrogen and oxygen atoms in total. The molecule has 1 fully saturated rings. The predicted octanol–water partition coefficient (Wildman–Crippen LogP) is 5.18. The van der Waals surface area contributed by atoms with E-state index in [1.54, 1.807) is 19.1 Å². The van der Waals surface area contributed by atoms with Gasteiger partial charge in [0.25, 0.3) is 5.91 Å². The lowest BCUT2D eigenvalue weighted by molar-refractivity contribution is -0.113. The number of nitrogens with zero attached hydrogens (tertiary/aromatic N) is 1. The van der Waals surface area contributed by atoms with E-state index >= 15 is 0 Å². The average Bonchev–Trinajstić information content (AvgIpc) is 2.88. The fraction of sp³-hybridized carbons (Fsp3) is 0.158. The fourth-order valence-corrected chi connectivity index (χ4v) is 4.57. The quantitative estimate of drug-likeness (QED) is 0.474. The molecule has 1 aliphatic rings. The van der Waals surface area contributed by atoms with E-state index in [4.69, 9.17) is 21.7 Å². The summed E-state index contributed by atoms with van der Waals surface area (Å²) in [5.41, 5.74) is 2.63. The van der Waals surface area contributed by atoms with Gasteiger partial charge in [0.2, 0.25) is 0 Å². The van der Waals surface area contributed by atoms with Gasteiger partial charge in [-0.2, -0.15) is 0 Å². The second-order valence-corrected chi connectivity index (χ2v) is 8.07. The molecule has 1 amide bonds. The molecule has 0 radical (unpaired) electrons. The van der Waals surface area contributed by atoms with E-state index in [1.165, 1.54) is 11.8 Å². The van der Waals surface area contributed by atoms with Crippen molar-refractivity contribution in [2.24, 2.45) is 0 Å². The van der Waals surface area contributed by atoms with Gasteiger partial charge in [-0.15, -0.1) is 0 Å². The minimum atomic E-state index is -0.125. The van der Waals surface area contributed by atoms with Gasteiger partial charge in [-0.1, -0.05) is 42.2 Å². The number of hydrogen-bond acceptors (Lipinski definition) is 5. The van der Waals surface area contributed by atoms with Crippen molar-refractivity contribution in [3.63, 3.8) is 0 Å². The second-order valence-electron chi connectivity index (χ2n) is 5.54. The molecule has 0 unspecified atom stereocenters. The maximum atomic E-state index is 12.9. The third-order valence-corrected chi connectivity index (χ3v) is 5.79. The maximum Gasteiger partial charge on any atom is 0.270 e. The molecule has 1 saturated heterocycles. The smallest absolute Gasteiger partial charge is 0.270 e. The number of anilines is 1. The first-order valence-corrected chi connectivity index (χ1v) is 9.73. The third-order valence-electron chi connectivity index (χ3n) is 3.90. The molecule has 134 valence electrons. The van der Waals surface area contributed by atoms with Crippen LogP contribution in [0.4, 0.5) is 5.69 Å². The van der Waals surface area contributed by atoms with Gasteiger partial charge in [0.05, 0.1) is 29.3 Å². The first-order valence-electron chi connectivity index (χ1n) is 7.71. The number of aryl methyl sites for hydroxylation is 1. The Bertz CT molecular complexity index is 927. The molecule has 0 aromatic heterocycles. The van der Waals surface area contributed by atoms with Crippen LogP contribution >= 0.6 is 39.9 Å². The number of benzene rings is 2. The average molecular weight is 450 g/mol. The van der Waals surface area contributed by atoms with Crippen molar-refractivity contribution in [1.82, 2.24) is 0 Å². The van der Waals surface area contributed by atoms with Crippen LogP contribution in [0.5, 0.6) is 11.5 Å². The van der Waals surface area contributed by atoms with Gasteiger partial charge in [0.1, 0.15) is 0 Å². The van der Waals surface area contributed by atoms with E-state index in [9.17, 15) is 4.79 Å². The van der Waals surface area contributed by atoms with Gasteiger partial charge in [-0.05, 0) is 58.3 Å². The first kappa shape index (κ1) is 18.9. The molecule has 0 saturated carbocycles. The first-order chi connectivity index (χ1) is 12.5. The van der Waals surface area contributed by atoms with E-state index in [0.29, 0.717) is 20.7 Å². The van der Waals surface area contributed by atoms with Crippen LogP contribution in [-0.2, 0) is 4.79 Å². The highest BCUT2D eigenvalue weighted by atomic mass is 79.9. The molecule has 0 N–H and O–H groups in total. The van der Waals surface area contributed by atoms with Gasteiger partial charge in [-0.3, -0.25) is 9.69 Å². The third kappa shape index (κ3) is 3.51. The minimum absolute atomic E-state index is 0.125. The van der Waals surface area contributed by atoms with E-state index in [1.807, 2.05) is 49.4 Å². The Hall–Kier alpha value is -1.83. The SMILES string of the molecule is COc1cc(/C=C2/SC(=S)N(c3ccccc3C)C2=O)cc(Br)c1OC. The topological polar surface area (TPSA) is 38.8 Å². The van der Waals surface area contributed by atoms with Crippen LogP contribution in [0, 0.1) is 6.92 Å². The van der Waals surface area contributed by atoms with E-state index in [0.717, 1.165) is 21.3 Å². The lowest BCUT2D eigenvalue weighted by Crippen LogP contribution is -2.28. The van der Waals surface area contributed by atoms with Crippen LogP contribution in [0.1, 0.15) is 11.1 Å². The van der Waals surface area contributed by atoms with Crippen LogP contribution in [0.3, 0.4) is 0 Å². The van der Waals surface area contributed by atoms with E-state index in [-0.39, 0.29) is 5.91 Å². The highest BCUT2D eigenvalue weighted by Crippen LogP contribution is 2.40. The Morgan fingerprint density at radius 1 is 1.19 bits per heavy atom. The Kier molecular flexibility index (Phi) is 5.70. The summed E-state index contributed by atoms with van der Waals surface area (Å²) in [5, 5.41) is 0. The predicted molar refractivity (Wildman–Crippen MR) is 114 cm³/mol. The second kappa shape index (κ2) is 7.82. The van der Waals surface area contributed by atoms with Crippen molar-refractivity contribution in [2.75, 3.05) is 19.1 Å². The number of halogens is 1. The molecule has 0 atom stereocenters. The van der Waals surface area contributed by atoms with Gasteiger partial charge < -0.3 is 9.47 Å². The number of ether oxygens (including phenoxy) is 2. The summed E-state index contributed by atoms with van der Waals surface area (Å²) in [7, 11) is 3.15. The molecule has 1 heterocycles. The number of thioether (sulfide) groups is 1. The van der Waals surface area contributed by atoms with Crippen LogP contribution in [0.25, 0.3) is 6.08 Å². The summed E-state index contributed by atoms with van der Waals surface area (Å²) in [6, 6.07) is 11.4. The Morgan fingerprint density at radius 3 is 2.58 bits per heavy atom. The Labute approximate surface area is 170 Å². The summed E-state index contributed by atoms with van der Waals surface area (Å²) < 4.78 is 12.0. The van der Waals surface area contributed by atoms with Gasteiger partial charge in [-0.25, -0.2) is 0 Å². The Balaban J connectivity index is 1.99. The molecular formula is C19H16BrNO3S2. The van der Waals surface area contributed by atoms with Crippen molar-refractivity contribution in [3.8, 4) is 11.5 Å². The molecule has 26 heavy (non-hydrogen) atoms. The van der Waals surface area contributed by atoms with Gasteiger partial charge >= 0.3 is 0 Å². The molecule has 2 aromatic carbocycles. The van der Waals surface area contributed by atoms with E-state index < -0.39 is 0 Å². The van der Waals surface area contributed by atoms with Crippen molar-refractivity contribution < 1.29 is 14.3 Å². The molecule has 0 aliphatic carbocycles. The number of carbonyl (C=O) groups is 1. The zero-order valence-electron chi connectivity index (χ0n) is 14.4. The lowest BCUT2D eigenvalue weighted by atomic mass is 10.1. The fourth-order valence-electron chi connectivity index (χ4n) is 2.66. The summed E-state index contributed by atoms with van der Waals surface area (Å²) in [4.78, 5) is 15.1.